The normalized spacial score (nSPS) is 22.6. The molecule has 2 fully saturated rings. The zero-order chi connectivity index (χ0) is 15.9. The van der Waals surface area contributed by atoms with Gasteiger partial charge in [0, 0.05) is 18.1 Å². The Morgan fingerprint density at radius 1 is 1.36 bits per heavy atom. The van der Waals surface area contributed by atoms with Crippen LogP contribution < -0.4 is 0 Å². The van der Waals surface area contributed by atoms with Gasteiger partial charge in [-0.2, -0.15) is 0 Å². The van der Waals surface area contributed by atoms with E-state index in [9.17, 15) is 14.0 Å². The van der Waals surface area contributed by atoms with Crippen molar-refractivity contribution in [1.82, 2.24) is 4.90 Å². The summed E-state index contributed by atoms with van der Waals surface area (Å²) >= 11 is 5.95. The van der Waals surface area contributed by atoms with Crippen LogP contribution in [0.25, 0.3) is 0 Å². The molecule has 3 rings (SSSR count). The van der Waals surface area contributed by atoms with Crippen LogP contribution in [-0.2, 0) is 16.0 Å². The fraction of sp³-hybridized carbons (Fsp3) is 0.500. The lowest BCUT2D eigenvalue weighted by molar-refractivity contribution is -0.139. The Bertz CT molecular complexity index is 626. The van der Waals surface area contributed by atoms with Crippen molar-refractivity contribution in [3.05, 3.63) is 34.6 Å². The van der Waals surface area contributed by atoms with Crippen LogP contribution in [-0.4, -0.2) is 35.0 Å². The molecule has 1 aromatic carbocycles. The van der Waals surface area contributed by atoms with E-state index in [4.69, 9.17) is 16.7 Å². The van der Waals surface area contributed by atoms with Crippen LogP contribution in [0.3, 0.4) is 0 Å². The standard InChI is InChI=1S/C16H17ClFNO3/c17-13-8-11(18)2-1-10(13)7-14(20)19-5-3-16(4-6-19)9-12(16)15(21)22/h1-2,8,12H,3-7,9H2,(H,21,22). The Hall–Kier alpha value is -1.62. The molecular formula is C16H17ClFNO3. The lowest BCUT2D eigenvalue weighted by Gasteiger charge is -2.32. The fourth-order valence-electron chi connectivity index (χ4n) is 3.39. The second kappa shape index (κ2) is 5.54. The third-order valence-corrected chi connectivity index (χ3v) is 5.31. The van der Waals surface area contributed by atoms with Gasteiger partial charge in [0.15, 0.2) is 0 Å². The maximum absolute atomic E-state index is 13.0. The van der Waals surface area contributed by atoms with Gasteiger partial charge in [-0.15, -0.1) is 0 Å². The van der Waals surface area contributed by atoms with Gasteiger partial charge in [0.1, 0.15) is 5.82 Å². The van der Waals surface area contributed by atoms with Crippen LogP contribution in [0.5, 0.6) is 0 Å². The minimum absolute atomic E-state index is 0.0455. The van der Waals surface area contributed by atoms with Crippen molar-refractivity contribution in [3.63, 3.8) is 0 Å². The molecule has 1 saturated carbocycles. The van der Waals surface area contributed by atoms with Crippen molar-refractivity contribution < 1.29 is 19.1 Å². The molecule has 2 aliphatic rings. The SMILES string of the molecule is O=C(O)C1CC12CCN(C(=O)Cc1ccc(F)cc1Cl)CC2. The summed E-state index contributed by atoms with van der Waals surface area (Å²) in [6.07, 6.45) is 2.36. The molecule has 0 bridgehead atoms. The van der Waals surface area contributed by atoms with E-state index in [1.165, 1.54) is 18.2 Å². The molecular weight excluding hydrogens is 309 g/mol. The lowest BCUT2D eigenvalue weighted by atomic mass is 9.90. The molecule has 1 aliphatic carbocycles. The first-order valence-corrected chi connectivity index (χ1v) is 7.74. The third-order valence-electron chi connectivity index (χ3n) is 4.96. The van der Waals surface area contributed by atoms with Crippen LogP contribution in [0.15, 0.2) is 18.2 Å². The molecule has 1 aromatic rings. The Balaban J connectivity index is 1.57. The van der Waals surface area contributed by atoms with Crippen molar-refractivity contribution in [2.75, 3.05) is 13.1 Å². The predicted octanol–water partition coefficient (Wildman–Crippen LogP) is 2.73. The molecule has 0 radical (unpaired) electrons. The number of hydrogen-bond donors (Lipinski definition) is 1. The number of amides is 1. The molecule has 1 amide bonds. The molecule has 22 heavy (non-hydrogen) atoms. The highest BCUT2D eigenvalue weighted by molar-refractivity contribution is 6.31. The van der Waals surface area contributed by atoms with E-state index in [1.807, 2.05) is 0 Å². The quantitative estimate of drug-likeness (QED) is 0.929. The van der Waals surface area contributed by atoms with E-state index < -0.39 is 11.8 Å². The first-order valence-electron chi connectivity index (χ1n) is 7.36. The van der Waals surface area contributed by atoms with Crippen molar-refractivity contribution in [1.29, 1.82) is 0 Å². The summed E-state index contributed by atoms with van der Waals surface area (Å²) in [5.74, 6) is -1.43. The summed E-state index contributed by atoms with van der Waals surface area (Å²) in [7, 11) is 0. The van der Waals surface area contributed by atoms with Gasteiger partial charge in [-0.3, -0.25) is 9.59 Å². The number of nitrogens with zero attached hydrogens (tertiary/aromatic N) is 1. The number of halogens is 2. The van der Waals surface area contributed by atoms with Crippen LogP contribution in [0.1, 0.15) is 24.8 Å². The molecule has 0 aromatic heterocycles. The first-order chi connectivity index (χ1) is 10.4. The van der Waals surface area contributed by atoms with Crippen LogP contribution >= 0.6 is 11.6 Å². The molecule has 1 heterocycles. The summed E-state index contributed by atoms with van der Waals surface area (Å²) in [6.45, 7) is 1.17. The molecule has 1 unspecified atom stereocenters. The van der Waals surface area contributed by atoms with Gasteiger partial charge in [-0.25, -0.2) is 4.39 Å². The Morgan fingerprint density at radius 3 is 2.59 bits per heavy atom. The van der Waals surface area contributed by atoms with Gasteiger partial charge < -0.3 is 10.0 Å². The highest BCUT2D eigenvalue weighted by Gasteiger charge is 2.59. The first kappa shape index (κ1) is 15.3. The average Bonchev–Trinajstić information content (AvgIpc) is 3.17. The van der Waals surface area contributed by atoms with Crippen molar-refractivity contribution >= 4 is 23.5 Å². The number of rotatable bonds is 3. The van der Waals surface area contributed by atoms with Gasteiger partial charge in [-0.05, 0) is 42.4 Å². The zero-order valence-electron chi connectivity index (χ0n) is 12.0. The highest BCUT2D eigenvalue weighted by Crippen LogP contribution is 2.59. The highest BCUT2D eigenvalue weighted by atomic mass is 35.5. The Labute approximate surface area is 132 Å². The van der Waals surface area contributed by atoms with Gasteiger partial charge in [0.05, 0.1) is 12.3 Å². The van der Waals surface area contributed by atoms with Crippen LogP contribution in [0.2, 0.25) is 5.02 Å². The summed E-state index contributed by atoms with van der Waals surface area (Å²) in [5.41, 5.74) is 0.527. The number of hydrogen-bond acceptors (Lipinski definition) is 2. The monoisotopic (exact) mass is 325 g/mol. The van der Waals surface area contributed by atoms with Crippen molar-refractivity contribution in [3.8, 4) is 0 Å². The second-order valence-electron chi connectivity index (χ2n) is 6.25. The van der Waals surface area contributed by atoms with Crippen LogP contribution in [0, 0.1) is 17.2 Å². The van der Waals surface area contributed by atoms with Gasteiger partial charge in [-0.1, -0.05) is 17.7 Å². The number of carbonyl (C=O) groups is 2. The van der Waals surface area contributed by atoms with Gasteiger partial charge in [0.2, 0.25) is 5.91 Å². The zero-order valence-corrected chi connectivity index (χ0v) is 12.8. The molecule has 1 aliphatic heterocycles. The summed E-state index contributed by atoms with van der Waals surface area (Å²) < 4.78 is 13.0. The fourth-order valence-corrected chi connectivity index (χ4v) is 3.62. The molecule has 6 heteroatoms. The molecule has 1 saturated heterocycles. The number of benzene rings is 1. The van der Waals surface area contributed by atoms with E-state index in [-0.39, 0.29) is 28.7 Å². The average molecular weight is 326 g/mol. The molecule has 1 N–H and O–H groups in total. The summed E-state index contributed by atoms with van der Waals surface area (Å²) in [5, 5.41) is 9.33. The smallest absolute Gasteiger partial charge is 0.307 e. The number of piperidine rings is 1. The minimum Gasteiger partial charge on any atom is -0.481 e. The molecule has 1 atom stereocenters. The van der Waals surface area contributed by atoms with Crippen LogP contribution in [0.4, 0.5) is 4.39 Å². The molecule has 4 nitrogen and oxygen atoms in total. The van der Waals surface area contributed by atoms with Gasteiger partial charge >= 0.3 is 5.97 Å². The number of likely N-dealkylation sites (tertiary alicyclic amines) is 1. The lowest BCUT2D eigenvalue weighted by Crippen LogP contribution is -2.40. The number of carboxylic acids is 1. The molecule has 118 valence electrons. The number of carboxylic acid groups (broad SMARTS) is 1. The summed E-state index contributed by atoms with van der Waals surface area (Å²) in [4.78, 5) is 25.1. The number of carbonyl (C=O) groups excluding carboxylic acids is 1. The molecule has 1 spiro atoms. The van der Waals surface area contributed by atoms with Crippen molar-refractivity contribution in [2.45, 2.75) is 25.7 Å². The third kappa shape index (κ3) is 2.82. The topological polar surface area (TPSA) is 57.6 Å². The van der Waals surface area contributed by atoms with E-state index in [0.29, 0.717) is 18.7 Å². The van der Waals surface area contributed by atoms with Crippen molar-refractivity contribution in [2.24, 2.45) is 11.3 Å². The number of aliphatic carboxylic acids is 1. The second-order valence-corrected chi connectivity index (χ2v) is 6.66. The van der Waals surface area contributed by atoms with E-state index in [1.54, 1.807) is 4.90 Å². The predicted molar refractivity (Wildman–Crippen MR) is 79.1 cm³/mol. The van der Waals surface area contributed by atoms with E-state index >= 15 is 0 Å². The van der Waals surface area contributed by atoms with E-state index in [2.05, 4.69) is 0 Å². The summed E-state index contributed by atoms with van der Waals surface area (Å²) in [6, 6.07) is 4.03. The van der Waals surface area contributed by atoms with E-state index in [0.717, 1.165) is 19.3 Å². The Kier molecular flexibility index (Phi) is 3.85. The maximum Gasteiger partial charge on any atom is 0.307 e. The van der Waals surface area contributed by atoms with Gasteiger partial charge in [0.25, 0.3) is 0 Å². The largest absolute Gasteiger partial charge is 0.481 e. The minimum atomic E-state index is -0.724. The Morgan fingerprint density at radius 2 is 2.05 bits per heavy atom. The maximum atomic E-state index is 13.0.